The predicted molar refractivity (Wildman–Crippen MR) is 95.7 cm³/mol. The molecule has 2 aromatic rings. The lowest BCUT2D eigenvalue weighted by Crippen LogP contribution is -2.44. The van der Waals surface area contributed by atoms with Gasteiger partial charge in [0.2, 0.25) is 5.91 Å². The number of carbonyl (C=O) groups excluding carboxylic acids is 2. The van der Waals surface area contributed by atoms with Crippen molar-refractivity contribution in [1.82, 2.24) is 15.2 Å². The number of nitrogens with one attached hydrogen (secondary N) is 1. The van der Waals surface area contributed by atoms with Crippen molar-refractivity contribution in [3.05, 3.63) is 66.0 Å². The SMILES string of the molecule is CN(Cc1ccccc1)C(=O)[C@H]1CCC[C@H]1NC(=O)c1ccncc1. The molecule has 5 nitrogen and oxygen atoms in total. The highest BCUT2D eigenvalue weighted by Gasteiger charge is 2.35. The van der Waals surface area contributed by atoms with Gasteiger partial charge in [0.1, 0.15) is 0 Å². The van der Waals surface area contributed by atoms with E-state index in [1.807, 2.05) is 37.4 Å². The van der Waals surface area contributed by atoms with Crippen molar-refractivity contribution in [3.63, 3.8) is 0 Å². The first kappa shape index (κ1) is 17.1. The van der Waals surface area contributed by atoms with Crippen LogP contribution in [-0.2, 0) is 11.3 Å². The van der Waals surface area contributed by atoms with E-state index in [4.69, 9.17) is 0 Å². The van der Waals surface area contributed by atoms with Crippen LogP contribution in [0, 0.1) is 5.92 Å². The summed E-state index contributed by atoms with van der Waals surface area (Å²) in [4.78, 5) is 30.9. The minimum atomic E-state index is -0.153. The Morgan fingerprint density at radius 2 is 1.84 bits per heavy atom. The molecular formula is C20H23N3O2. The molecule has 1 aliphatic carbocycles. The number of benzene rings is 1. The minimum Gasteiger partial charge on any atom is -0.349 e. The van der Waals surface area contributed by atoms with Gasteiger partial charge in [-0.1, -0.05) is 36.8 Å². The summed E-state index contributed by atoms with van der Waals surface area (Å²) in [6.07, 6.45) is 5.81. The first-order chi connectivity index (χ1) is 12.1. The molecule has 0 unspecified atom stereocenters. The quantitative estimate of drug-likeness (QED) is 0.912. The Labute approximate surface area is 148 Å². The number of carbonyl (C=O) groups is 2. The Hall–Kier alpha value is -2.69. The normalized spacial score (nSPS) is 19.4. The molecule has 1 aromatic carbocycles. The molecule has 3 rings (SSSR count). The molecule has 2 atom stereocenters. The van der Waals surface area contributed by atoms with Crippen LogP contribution in [0.15, 0.2) is 54.9 Å². The molecule has 0 aliphatic heterocycles. The van der Waals surface area contributed by atoms with Crippen LogP contribution >= 0.6 is 0 Å². The van der Waals surface area contributed by atoms with Crippen molar-refractivity contribution in [3.8, 4) is 0 Å². The van der Waals surface area contributed by atoms with E-state index < -0.39 is 0 Å². The Morgan fingerprint density at radius 1 is 1.12 bits per heavy atom. The van der Waals surface area contributed by atoms with E-state index in [1.165, 1.54) is 0 Å². The average molecular weight is 337 g/mol. The highest BCUT2D eigenvalue weighted by Crippen LogP contribution is 2.28. The van der Waals surface area contributed by atoms with Crippen LogP contribution in [0.3, 0.4) is 0 Å². The average Bonchev–Trinajstić information content (AvgIpc) is 3.10. The van der Waals surface area contributed by atoms with E-state index in [1.54, 1.807) is 29.4 Å². The van der Waals surface area contributed by atoms with Crippen LogP contribution in [0.25, 0.3) is 0 Å². The molecule has 1 heterocycles. The first-order valence-electron chi connectivity index (χ1n) is 8.65. The van der Waals surface area contributed by atoms with Gasteiger partial charge in [-0.2, -0.15) is 0 Å². The molecule has 130 valence electrons. The molecule has 25 heavy (non-hydrogen) atoms. The lowest BCUT2D eigenvalue weighted by molar-refractivity contribution is -0.135. The lowest BCUT2D eigenvalue weighted by Gasteiger charge is -2.26. The van der Waals surface area contributed by atoms with Gasteiger partial charge in [0, 0.05) is 37.6 Å². The molecule has 1 fully saturated rings. The van der Waals surface area contributed by atoms with E-state index in [0.717, 1.165) is 24.8 Å². The van der Waals surface area contributed by atoms with Crippen molar-refractivity contribution in [2.75, 3.05) is 7.05 Å². The first-order valence-corrected chi connectivity index (χ1v) is 8.65. The predicted octanol–water partition coefficient (Wildman–Crippen LogP) is 2.64. The molecule has 5 heteroatoms. The van der Waals surface area contributed by atoms with Crippen molar-refractivity contribution in [2.45, 2.75) is 31.8 Å². The van der Waals surface area contributed by atoms with Crippen LogP contribution in [0.2, 0.25) is 0 Å². The summed E-state index contributed by atoms with van der Waals surface area (Å²) in [6, 6.07) is 13.2. The van der Waals surface area contributed by atoms with Crippen LogP contribution < -0.4 is 5.32 Å². The van der Waals surface area contributed by atoms with Crippen molar-refractivity contribution < 1.29 is 9.59 Å². The summed E-state index contributed by atoms with van der Waals surface area (Å²) in [7, 11) is 1.83. The Bertz CT molecular complexity index is 718. The number of pyridine rings is 1. The van der Waals surface area contributed by atoms with E-state index >= 15 is 0 Å². The smallest absolute Gasteiger partial charge is 0.251 e. The van der Waals surface area contributed by atoms with Gasteiger partial charge in [-0.05, 0) is 30.5 Å². The van der Waals surface area contributed by atoms with Crippen molar-refractivity contribution in [1.29, 1.82) is 0 Å². The molecular weight excluding hydrogens is 314 g/mol. The maximum absolute atomic E-state index is 12.8. The molecule has 1 aromatic heterocycles. The van der Waals surface area contributed by atoms with Gasteiger partial charge < -0.3 is 10.2 Å². The summed E-state index contributed by atoms with van der Waals surface area (Å²) in [5.41, 5.74) is 1.68. The molecule has 2 amide bonds. The lowest BCUT2D eigenvalue weighted by atomic mass is 10.0. The van der Waals surface area contributed by atoms with Gasteiger partial charge in [0.05, 0.1) is 5.92 Å². The fourth-order valence-corrected chi connectivity index (χ4v) is 3.40. The number of hydrogen-bond acceptors (Lipinski definition) is 3. The molecule has 1 aliphatic rings. The van der Waals surface area contributed by atoms with Gasteiger partial charge in [-0.25, -0.2) is 0 Å². The van der Waals surface area contributed by atoms with Gasteiger partial charge in [-0.3, -0.25) is 14.6 Å². The maximum atomic E-state index is 12.8. The third kappa shape index (κ3) is 4.24. The van der Waals surface area contributed by atoms with E-state index in [-0.39, 0.29) is 23.8 Å². The summed E-state index contributed by atoms with van der Waals surface area (Å²) < 4.78 is 0. The van der Waals surface area contributed by atoms with E-state index in [9.17, 15) is 9.59 Å². The topological polar surface area (TPSA) is 62.3 Å². The second kappa shape index (κ2) is 7.92. The summed E-state index contributed by atoms with van der Waals surface area (Å²) in [5, 5.41) is 3.03. The number of amides is 2. The molecule has 0 radical (unpaired) electrons. The summed E-state index contributed by atoms with van der Waals surface area (Å²) >= 11 is 0. The maximum Gasteiger partial charge on any atom is 0.251 e. The highest BCUT2D eigenvalue weighted by atomic mass is 16.2. The fourth-order valence-electron chi connectivity index (χ4n) is 3.40. The Kier molecular flexibility index (Phi) is 5.43. The molecule has 0 spiro atoms. The zero-order valence-electron chi connectivity index (χ0n) is 14.4. The zero-order chi connectivity index (χ0) is 17.6. The number of nitrogens with zero attached hydrogens (tertiary/aromatic N) is 2. The van der Waals surface area contributed by atoms with E-state index in [2.05, 4.69) is 10.3 Å². The van der Waals surface area contributed by atoms with Crippen molar-refractivity contribution in [2.24, 2.45) is 5.92 Å². The van der Waals surface area contributed by atoms with Gasteiger partial charge >= 0.3 is 0 Å². The Balaban J connectivity index is 1.62. The van der Waals surface area contributed by atoms with Crippen LogP contribution in [-0.4, -0.2) is 34.8 Å². The van der Waals surface area contributed by atoms with Gasteiger partial charge in [0.15, 0.2) is 0 Å². The third-order valence-electron chi connectivity index (χ3n) is 4.73. The third-order valence-corrected chi connectivity index (χ3v) is 4.73. The summed E-state index contributed by atoms with van der Waals surface area (Å²) in [5.74, 6) is -0.196. The van der Waals surface area contributed by atoms with Gasteiger partial charge in [-0.15, -0.1) is 0 Å². The van der Waals surface area contributed by atoms with Gasteiger partial charge in [0.25, 0.3) is 5.91 Å². The summed E-state index contributed by atoms with van der Waals surface area (Å²) in [6.45, 7) is 0.585. The molecule has 1 saturated carbocycles. The second-order valence-electron chi connectivity index (χ2n) is 6.53. The monoisotopic (exact) mass is 337 g/mol. The zero-order valence-corrected chi connectivity index (χ0v) is 14.4. The van der Waals surface area contributed by atoms with Crippen LogP contribution in [0.5, 0.6) is 0 Å². The molecule has 1 N–H and O–H groups in total. The fraction of sp³-hybridized carbons (Fsp3) is 0.350. The minimum absolute atomic E-state index is 0.0985. The molecule has 0 saturated heterocycles. The van der Waals surface area contributed by atoms with Crippen molar-refractivity contribution >= 4 is 11.8 Å². The molecule has 0 bridgehead atoms. The van der Waals surface area contributed by atoms with Crippen LogP contribution in [0.1, 0.15) is 35.2 Å². The number of hydrogen-bond donors (Lipinski definition) is 1. The second-order valence-corrected chi connectivity index (χ2v) is 6.53. The number of rotatable bonds is 5. The standard InChI is InChI=1S/C20H23N3O2/c1-23(14-15-6-3-2-4-7-15)20(25)17-8-5-9-18(17)22-19(24)16-10-12-21-13-11-16/h2-4,6-7,10-13,17-18H,5,8-9,14H2,1H3,(H,22,24)/t17-,18+/m0/s1. The van der Waals surface area contributed by atoms with E-state index in [0.29, 0.717) is 12.1 Å². The van der Waals surface area contributed by atoms with Crippen LogP contribution in [0.4, 0.5) is 0 Å². The number of aromatic nitrogens is 1. The largest absolute Gasteiger partial charge is 0.349 e. The highest BCUT2D eigenvalue weighted by molar-refractivity contribution is 5.94. The Morgan fingerprint density at radius 3 is 2.56 bits per heavy atom.